The van der Waals surface area contributed by atoms with E-state index >= 15 is 0 Å². The number of nitrogens with two attached hydrogens (primary N) is 1. The summed E-state index contributed by atoms with van der Waals surface area (Å²) >= 11 is 1.69. The van der Waals surface area contributed by atoms with Crippen molar-refractivity contribution >= 4 is 21.8 Å². The molecule has 1 aromatic rings. The summed E-state index contributed by atoms with van der Waals surface area (Å²) in [5, 5.41) is 0. The van der Waals surface area contributed by atoms with Crippen LogP contribution in [0.4, 0.5) is 0 Å². The van der Waals surface area contributed by atoms with Crippen molar-refractivity contribution in [2.24, 2.45) is 5.73 Å². The van der Waals surface area contributed by atoms with E-state index < -0.39 is 10.0 Å². The van der Waals surface area contributed by atoms with E-state index in [-0.39, 0.29) is 11.4 Å². The average molecular weight is 312 g/mol. The predicted molar refractivity (Wildman–Crippen MR) is 85.3 cm³/mol. The third kappa shape index (κ3) is 5.17. The number of sulfonamides is 1. The Morgan fingerprint density at radius 2 is 2.15 bits per heavy atom. The van der Waals surface area contributed by atoms with Gasteiger partial charge in [-0.2, -0.15) is 11.8 Å². The van der Waals surface area contributed by atoms with Crippen molar-refractivity contribution in [3.63, 3.8) is 0 Å². The molecule has 20 heavy (non-hydrogen) atoms. The topological polar surface area (TPSA) is 72.2 Å². The molecule has 0 aliphatic carbocycles. The van der Waals surface area contributed by atoms with E-state index in [0.29, 0.717) is 12.1 Å². The summed E-state index contributed by atoms with van der Waals surface area (Å²) in [4.78, 5) is 0.216. The summed E-state index contributed by atoms with van der Waals surface area (Å²) in [5.74, 6) is 6.45. The average Bonchev–Trinajstić information content (AvgIpc) is 2.41. The van der Waals surface area contributed by atoms with Gasteiger partial charge in [0.2, 0.25) is 10.0 Å². The molecule has 1 aromatic carbocycles. The van der Waals surface area contributed by atoms with Crippen LogP contribution in [0, 0.1) is 18.8 Å². The highest BCUT2D eigenvalue weighted by molar-refractivity contribution is 7.98. The first-order valence-electron chi connectivity index (χ1n) is 6.29. The number of hydrogen-bond donors (Lipinski definition) is 2. The van der Waals surface area contributed by atoms with Gasteiger partial charge in [0.1, 0.15) is 0 Å². The highest BCUT2D eigenvalue weighted by Gasteiger charge is 2.17. The SMILES string of the molecule is CSCCCNS(=O)(=O)c1ccc(C)cc1C#CCN. The smallest absolute Gasteiger partial charge is 0.241 e. The van der Waals surface area contributed by atoms with Crippen LogP contribution in [-0.2, 0) is 10.0 Å². The fraction of sp³-hybridized carbons (Fsp3) is 0.429. The maximum atomic E-state index is 12.3. The molecule has 4 nitrogen and oxygen atoms in total. The lowest BCUT2D eigenvalue weighted by atomic mass is 10.1. The molecule has 0 fully saturated rings. The van der Waals surface area contributed by atoms with Crippen LogP contribution in [-0.4, -0.2) is 33.5 Å². The Morgan fingerprint density at radius 3 is 2.80 bits per heavy atom. The van der Waals surface area contributed by atoms with E-state index in [2.05, 4.69) is 16.6 Å². The van der Waals surface area contributed by atoms with Crippen molar-refractivity contribution in [2.45, 2.75) is 18.2 Å². The molecule has 6 heteroatoms. The minimum Gasteiger partial charge on any atom is -0.320 e. The molecular weight excluding hydrogens is 292 g/mol. The number of aryl methyl sites for hydroxylation is 1. The Kier molecular flexibility index (Phi) is 7.10. The number of nitrogens with one attached hydrogen (secondary N) is 1. The third-order valence-corrected chi connectivity index (χ3v) is 4.78. The summed E-state index contributed by atoms with van der Waals surface area (Å²) in [7, 11) is -3.52. The van der Waals surface area contributed by atoms with Crippen molar-refractivity contribution < 1.29 is 8.42 Å². The van der Waals surface area contributed by atoms with Gasteiger partial charge in [-0.25, -0.2) is 13.1 Å². The van der Waals surface area contributed by atoms with Crippen molar-refractivity contribution in [1.82, 2.24) is 4.72 Å². The molecule has 0 saturated heterocycles. The Balaban J connectivity index is 2.99. The molecule has 3 N–H and O–H groups in total. The van der Waals surface area contributed by atoms with Crippen LogP contribution in [0.5, 0.6) is 0 Å². The van der Waals surface area contributed by atoms with Gasteiger partial charge >= 0.3 is 0 Å². The molecule has 0 heterocycles. The first-order chi connectivity index (χ1) is 9.51. The van der Waals surface area contributed by atoms with E-state index in [1.54, 1.807) is 30.0 Å². The summed E-state index contributed by atoms with van der Waals surface area (Å²) in [5.41, 5.74) is 6.80. The number of benzene rings is 1. The quantitative estimate of drug-likeness (QED) is 0.614. The maximum Gasteiger partial charge on any atom is 0.241 e. The monoisotopic (exact) mass is 312 g/mol. The van der Waals surface area contributed by atoms with Crippen molar-refractivity contribution in [3.05, 3.63) is 29.3 Å². The predicted octanol–water partition coefficient (Wildman–Crippen LogP) is 1.34. The molecule has 0 spiro atoms. The van der Waals surface area contributed by atoms with Gasteiger partial charge in [-0.05, 0) is 43.0 Å². The first-order valence-corrected chi connectivity index (χ1v) is 9.17. The zero-order chi connectivity index (χ0) is 15.0. The second kappa shape index (κ2) is 8.32. The minimum absolute atomic E-state index is 0.203. The first kappa shape index (κ1) is 17.1. The maximum absolute atomic E-state index is 12.3. The highest BCUT2D eigenvalue weighted by atomic mass is 32.2. The Bertz CT molecular complexity index is 601. The fourth-order valence-electron chi connectivity index (χ4n) is 1.62. The van der Waals surface area contributed by atoms with Crippen LogP contribution in [0.15, 0.2) is 23.1 Å². The molecular formula is C14H20N2O2S2. The van der Waals surface area contributed by atoms with E-state index in [1.807, 2.05) is 13.2 Å². The van der Waals surface area contributed by atoms with Gasteiger partial charge in [-0.15, -0.1) is 0 Å². The van der Waals surface area contributed by atoms with Crippen LogP contribution < -0.4 is 10.5 Å². The molecule has 0 aromatic heterocycles. The molecule has 0 bridgehead atoms. The molecule has 110 valence electrons. The van der Waals surface area contributed by atoms with Crippen LogP contribution in [0.25, 0.3) is 0 Å². The fourth-order valence-corrected chi connectivity index (χ4v) is 3.27. The summed E-state index contributed by atoms with van der Waals surface area (Å²) in [6.07, 6.45) is 2.80. The number of rotatable bonds is 6. The normalized spacial score (nSPS) is 10.9. The second-order valence-corrected chi connectivity index (χ2v) is 6.97. The van der Waals surface area contributed by atoms with Gasteiger partial charge < -0.3 is 5.73 Å². The molecule has 0 aliphatic rings. The van der Waals surface area contributed by atoms with Crippen molar-refractivity contribution in [2.75, 3.05) is 25.1 Å². The number of hydrogen-bond acceptors (Lipinski definition) is 4. The van der Waals surface area contributed by atoms with Crippen LogP contribution in [0.1, 0.15) is 17.5 Å². The summed E-state index contributed by atoms with van der Waals surface area (Å²) in [6, 6.07) is 5.12. The lowest BCUT2D eigenvalue weighted by Gasteiger charge is -2.09. The van der Waals surface area contributed by atoms with Gasteiger partial charge in [0, 0.05) is 12.1 Å². The Morgan fingerprint density at radius 1 is 1.40 bits per heavy atom. The zero-order valence-corrected chi connectivity index (χ0v) is 13.4. The van der Waals surface area contributed by atoms with Crippen molar-refractivity contribution in [3.8, 4) is 11.8 Å². The molecule has 0 amide bonds. The largest absolute Gasteiger partial charge is 0.320 e. The third-order valence-electron chi connectivity index (χ3n) is 2.57. The summed E-state index contributed by atoms with van der Waals surface area (Å²) in [6.45, 7) is 2.53. The lowest BCUT2D eigenvalue weighted by Crippen LogP contribution is -2.26. The van der Waals surface area contributed by atoms with E-state index in [4.69, 9.17) is 5.73 Å². The minimum atomic E-state index is -3.52. The Labute approximate surface area is 125 Å². The van der Waals surface area contributed by atoms with E-state index in [1.165, 1.54) is 0 Å². The molecule has 0 aliphatic heterocycles. The van der Waals surface area contributed by atoms with Crippen LogP contribution >= 0.6 is 11.8 Å². The molecule has 0 unspecified atom stereocenters. The lowest BCUT2D eigenvalue weighted by molar-refractivity contribution is 0.581. The van der Waals surface area contributed by atoms with Crippen molar-refractivity contribution in [1.29, 1.82) is 0 Å². The van der Waals surface area contributed by atoms with Gasteiger partial charge in [-0.1, -0.05) is 17.9 Å². The molecule has 0 radical (unpaired) electrons. The van der Waals surface area contributed by atoms with Crippen LogP contribution in [0.2, 0.25) is 0 Å². The second-order valence-electron chi connectivity index (χ2n) is 4.25. The van der Waals surface area contributed by atoms with Crippen LogP contribution in [0.3, 0.4) is 0 Å². The molecule has 0 atom stereocenters. The highest BCUT2D eigenvalue weighted by Crippen LogP contribution is 2.16. The molecule has 1 rings (SSSR count). The van der Waals surface area contributed by atoms with Gasteiger partial charge in [-0.3, -0.25) is 0 Å². The molecule has 0 saturated carbocycles. The van der Waals surface area contributed by atoms with E-state index in [9.17, 15) is 8.42 Å². The summed E-state index contributed by atoms with van der Waals surface area (Å²) < 4.78 is 27.2. The standard InChI is InChI=1S/C14H20N2O2S2/c1-12-6-7-14(13(11-12)5-3-8-15)20(17,18)16-9-4-10-19-2/h6-7,11,16H,4,8-10,15H2,1-2H3. The number of thioether (sulfide) groups is 1. The van der Waals surface area contributed by atoms with Gasteiger partial charge in [0.25, 0.3) is 0 Å². The zero-order valence-electron chi connectivity index (χ0n) is 11.8. The Hall–Kier alpha value is -1.00. The van der Waals surface area contributed by atoms with Gasteiger partial charge in [0.15, 0.2) is 0 Å². The van der Waals surface area contributed by atoms with Gasteiger partial charge in [0.05, 0.1) is 11.4 Å². The van der Waals surface area contributed by atoms with E-state index in [0.717, 1.165) is 17.7 Å².